The Bertz CT molecular complexity index is 931. The van der Waals surface area contributed by atoms with Gasteiger partial charge in [-0.15, -0.1) is 11.3 Å². The molecule has 6 nitrogen and oxygen atoms in total. The van der Waals surface area contributed by atoms with E-state index in [9.17, 15) is 9.59 Å². The maximum atomic E-state index is 12.9. The molecule has 0 radical (unpaired) electrons. The van der Waals surface area contributed by atoms with Crippen LogP contribution >= 0.6 is 11.3 Å². The van der Waals surface area contributed by atoms with Gasteiger partial charge < -0.3 is 16.0 Å². The molecule has 1 aliphatic carbocycles. The summed E-state index contributed by atoms with van der Waals surface area (Å²) in [7, 11) is 0. The van der Waals surface area contributed by atoms with E-state index in [1.54, 1.807) is 0 Å². The van der Waals surface area contributed by atoms with Crippen LogP contribution < -0.4 is 16.0 Å². The van der Waals surface area contributed by atoms with Gasteiger partial charge in [-0.1, -0.05) is 12.1 Å². The number of nitrogens with zero attached hydrogens (tertiary/aromatic N) is 2. The lowest BCUT2D eigenvalue weighted by atomic mass is 10.1. The van der Waals surface area contributed by atoms with Gasteiger partial charge in [0, 0.05) is 36.7 Å². The average molecular weight is 413 g/mol. The molecule has 0 spiro atoms. The highest BCUT2D eigenvalue weighted by Gasteiger charge is 2.29. The van der Waals surface area contributed by atoms with Crippen LogP contribution in [-0.2, 0) is 17.6 Å². The lowest BCUT2D eigenvalue weighted by molar-refractivity contribution is -0.120. The van der Waals surface area contributed by atoms with E-state index in [1.807, 2.05) is 6.92 Å². The van der Waals surface area contributed by atoms with Gasteiger partial charge in [0.2, 0.25) is 5.91 Å². The largest absolute Gasteiger partial charge is 0.369 e. The predicted molar refractivity (Wildman–Crippen MR) is 118 cm³/mol. The summed E-state index contributed by atoms with van der Waals surface area (Å²) in [6.45, 7) is 7.47. The van der Waals surface area contributed by atoms with E-state index in [2.05, 4.69) is 46.3 Å². The van der Waals surface area contributed by atoms with E-state index in [0.717, 1.165) is 51.0 Å². The number of amides is 2. The van der Waals surface area contributed by atoms with Crippen LogP contribution in [0.4, 0.5) is 10.7 Å². The first-order valence-corrected chi connectivity index (χ1v) is 11.1. The van der Waals surface area contributed by atoms with Crippen molar-refractivity contribution in [3.05, 3.63) is 45.8 Å². The van der Waals surface area contributed by atoms with E-state index >= 15 is 0 Å². The van der Waals surface area contributed by atoms with E-state index < -0.39 is 5.91 Å². The molecule has 1 fully saturated rings. The number of carbonyl (C=O) groups excluding carboxylic acids is 2. The summed E-state index contributed by atoms with van der Waals surface area (Å²) in [5, 5.41) is 3.61. The molecule has 1 aliphatic heterocycles. The third kappa shape index (κ3) is 4.02. The molecular formula is C22H28N4O2S. The Balaban J connectivity index is 1.39. The van der Waals surface area contributed by atoms with E-state index in [1.165, 1.54) is 27.5 Å². The van der Waals surface area contributed by atoms with Crippen molar-refractivity contribution < 1.29 is 9.59 Å². The molecule has 29 heavy (non-hydrogen) atoms. The first kappa shape index (κ1) is 19.9. The number of carbonyl (C=O) groups is 2. The first-order chi connectivity index (χ1) is 13.9. The standard InChI is InChI=1S/C22H28N4O2S/c1-14-5-3-6-16(13-14)26-11-9-25(10-12-26)15(2)21(28)24-22-19(20(23)27)17-7-4-8-18(17)29-22/h3,5-6,13,15H,4,7-12H2,1-2H3,(H2,23,27)(H,24,28). The summed E-state index contributed by atoms with van der Waals surface area (Å²) in [6, 6.07) is 8.27. The van der Waals surface area contributed by atoms with Gasteiger partial charge in [-0.25, -0.2) is 0 Å². The number of nitrogens with one attached hydrogen (secondary N) is 1. The Kier molecular flexibility index (Phi) is 5.61. The Morgan fingerprint density at radius 1 is 1.17 bits per heavy atom. The van der Waals surface area contributed by atoms with Crippen LogP contribution in [0.2, 0.25) is 0 Å². The van der Waals surface area contributed by atoms with E-state index in [0.29, 0.717) is 10.6 Å². The van der Waals surface area contributed by atoms with E-state index in [4.69, 9.17) is 5.73 Å². The van der Waals surface area contributed by atoms with Crippen LogP contribution in [0.25, 0.3) is 0 Å². The molecule has 0 saturated carbocycles. The lowest BCUT2D eigenvalue weighted by Crippen LogP contribution is -2.52. The van der Waals surface area contributed by atoms with Crippen molar-refractivity contribution in [2.75, 3.05) is 36.4 Å². The first-order valence-electron chi connectivity index (χ1n) is 10.2. The zero-order valence-corrected chi connectivity index (χ0v) is 17.8. The number of primary amides is 1. The highest BCUT2D eigenvalue weighted by atomic mass is 32.1. The Morgan fingerprint density at radius 2 is 1.93 bits per heavy atom. The Labute approximate surface area is 175 Å². The fraction of sp³-hybridized carbons (Fsp3) is 0.455. The van der Waals surface area contributed by atoms with Crippen molar-refractivity contribution in [1.29, 1.82) is 0 Å². The molecule has 2 aromatic rings. The molecule has 2 aliphatic rings. The molecule has 3 N–H and O–H groups in total. The third-order valence-electron chi connectivity index (χ3n) is 6.01. The fourth-order valence-corrected chi connectivity index (χ4v) is 5.62. The highest BCUT2D eigenvalue weighted by molar-refractivity contribution is 7.17. The van der Waals surface area contributed by atoms with Crippen molar-refractivity contribution in [1.82, 2.24) is 4.90 Å². The number of fused-ring (bicyclic) bond motifs is 1. The molecule has 4 rings (SSSR count). The monoisotopic (exact) mass is 412 g/mol. The van der Waals surface area contributed by atoms with Crippen molar-refractivity contribution >= 4 is 33.8 Å². The number of benzene rings is 1. The second-order valence-corrected chi connectivity index (χ2v) is 9.06. The van der Waals surface area contributed by atoms with Crippen molar-refractivity contribution in [3.63, 3.8) is 0 Å². The van der Waals surface area contributed by atoms with E-state index in [-0.39, 0.29) is 11.9 Å². The average Bonchev–Trinajstić information content (AvgIpc) is 3.28. The van der Waals surface area contributed by atoms with Gasteiger partial charge in [-0.2, -0.15) is 0 Å². The summed E-state index contributed by atoms with van der Waals surface area (Å²) in [5.41, 5.74) is 9.66. The summed E-state index contributed by atoms with van der Waals surface area (Å²) in [6.07, 6.45) is 2.89. The number of hydrogen-bond acceptors (Lipinski definition) is 5. The number of piperazine rings is 1. The second kappa shape index (κ2) is 8.16. The minimum absolute atomic E-state index is 0.0728. The molecule has 0 bridgehead atoms. The summed E-state index contributed by atoms with van der Waals surface area (Å²) in [4.78, 5) is 30.6. The van der Waals surface area contributed by atoms with Gasteiger partial charge in [0.25, 0.3) is 5.91 Å². The smallest absolute Gasteiger partial charge is 0.251 e. The van der Waals surface area contributed by atoms with Crippen LogP contribution in [-0.4, -0.2) is 48.9 Å². The fourth-order valence-electron chi connectivity index (χ4n) is 4.33. The zero-order valence-electron chi connectivity index (χ0n) is 17.0. The number of nitrogens with two attached hydrogens (primary N) is 1. The van der Waals surface area contributed by atoms with Crippen molar-refractivity contribution in [2.45, 2.75) is 39.2 Å². The Morgan fingerprint density at radius 3 is 2.62 bits per heavy atom. The Hall–Kier alpha value is -2.38. The highest BCUT2D eigenvalue weighted by Crippen LogP contribution is 2.39. The molecule has 2 amide bonds. The zero-order chi connectivity index (χ0) is 20.5. The van der Waals surface area contributed by atoms with Crippen LogP contribution in [0.1, 0.15) is 39.7 Å². The lowest BCUT2D eigenvalue weighted by Gasteiger charge is -2.38. The van der Waals surface area contributed by atoms with Gasteiger partial charge in [0.1, 0.15) is 5.00 Å². The SMILES string of the molecule is Cc1cccc(N2CCN(C(C)C(=O)Nc3sc4c(c3C(N)=O)CCC4)CC2)c1. The maximum absolute atomic E-state index is 12.9. The molecule has 2 heterocycles. The van der Waals surface area contributed by atoms with Crippen LogP contribution in [0.3, 0.4) is 0 Å². The molecule has 1 atom stereocenters. The molecule has 7 heteroatoms. The van der Waals surface area contributed by atoms with Gasteiger partial charge in [0.05, 0.1) is 11.6 Å². The summed E-state index contributed by atoms with van der Waals surface area (Å²) >= 11 is 1.51. The molecule has 154 valence electrons. The van der Waals surface area contributed by atoms with Gasteiger partial charge in [-0.05, 0) is 56.4 Å². The molecule has 1 unspecified atom stereocenters. The minimum atomic E-state index is -0.445. The predicted octanol–water partition coefficient (Wildman–Crippen LogP) is 2.79. The van der Waals surface area contributed by atoms with Gasteiger partial charge in [0.15, 0.2) is 0 Å². The topological polar surface area (TPSA) is 78.7 Å². The summed E-state index contributed by atoms with van der Waals surface area (Å²) in [5.74, 6) is -0.518. The maximum Gasteiger partial charge on any atom is 0.251 e. The second-order valence-electron chi connectivity index (χ2n) is 7.95. The minimum Gasteiger partial charge on any atom is -0.369 e. The van der Waals surface area contributed by atoms with Crippen LogP contribution in [0.5, 0.6) is 0 Å². The number of thiophene rings is 1. The number of rotatable bonds is 5. The van der Waals surface area contributed by atoms with Crippen LogP contribution in [0.15, 0.2) is 24.3 Å². The van der Waals surface area contributed by atoms with Crippen molar-refractivity contribution in [3.8, 4) is 0 Å². The molecule has 1 saturated heterocycles. The molecule has 1 aromatic carbocycles. The quantitative estimate of drug-likeness (QED) is 0.792. The normalized spacial score (nSPS) is 17.8. The van der Waals surface area contributed by atoms with Gasteiger partial charge in [-0.3, -0.25) is 14.5 Å². The molecule has 1 aromatic heterocycles. The van der Waals surface area contributed by atoms with Gasteiger partial charge >= 0.3 is 0 Å². The number of aryl methyl sites for hydroxylation is 2. The van der Waals surface area contributed by atoms with Crippen molar-refractivity contribution in [2.24, 2.45) is 5.73 Å². The van der Waals surface area contributed by atoms with Crippen LogP contribution in [0, 0.1) is 6.92 Å². The molecular weight excluding hydrogens is 384 g/mol. The number of hydrogen-bond donors (Lipinski definition) is 2. The summed E-state index contributed by atoms with van der Waals surface area (Å²) < 4.78 is 0. The third-order valence-corrected chi connectivity index (χ3v) is 7.22. The number of anilines is 2.